The Hall–Kier alpha value is -0.780. The fraction of sp³-hybridized carbons (Fsp3) is 0.769. The molecule has 0 heterocycles. The van der Waals surface area contributed by atoms with Crippen molar-refractivity contribution in [2.24, 2.45) is 0 Å². The van der Waals surface area contributed by atoms with Crippen LogP contribution in [0.5, 0.6) is 0 Å². The third kappa shape index (κ3) is 12.6. The lowest BCUT2D eigenvalue weighted by Crippen LogP contribution is -1.98. The van der Waals surface area contributed by atoms with E-state index in [1.165, 1.54) is 109 Å². The van der Waals surface area contributed by atoms with Gasteiger partial charge in [-0.25, -0.2) is 0 Å². The first-order valence-corrected chi connectivity index (χ1v) is 11.9. The van der Waals surface area contributed by atoms with Crippen molar-refractivity contribution < 1.29 is 0 Å². The summed E-state index contributed by atoms with van der Waals surface area (Å²) in [6.45, 7) is 4.62. The summed E-state index contributed by atoms with van der Waals surface area (Å²) in [5.41, 5.74) is 1.56. The molecule has 0 spiro atoms. The van der Waals surface area contributed by atoms with Crippen LogP contribution in [0.25, 0.3) is 0 Å². The van der Waals surface area contributed by atoms with Gasteiger partial charge in [-0.15, -0.1) is 0 Å². The first-order chi connectivity index (χ1) is 12.9. The quantitative estimate of drug-likeness (QED) is 0.229. The van der Waals surface area contributed by atoms with Crippen LogP contribution < -0.4 is 0 Å². The predicted octanol–water partition coefficient (Wildman–Crippen LogP) is 9.44. The van der Waals surface area contributed by atoms with E-state index in [0.29, 0.717) is 0 Å². The highest BCUT2D eigenvalue weighted by molar-refractivity contribution is 5.19. The maximum atomic E-state index is 2.32. The molecule has 0 aliphatic carbocycles. The van der Waals surface area contributed by atoms with Gasteiger partial charge in [-0.05, 0) is 24.3 Å². The standard InChI is InChI=1S/C26H46/c1-3-5-6-7-8-9-10-11-12-13-14-15-16-18-22-25(21-4-2)26-23-19-17-20-24-26/h17,19-20,23-25H,3-16,18,21-22H2,1-2H3/t25-/m1/s1. The van der Waals surface area contributed by atoms with Crippen LogP contribution in [0.2, 0.25) is 0 Å². The largest absolute Gasteiger partial charge is 0.0654 e. The molecule has 0 N–H and O–H groups in total. The number of hydrogen-bond donors (Lipinski definition) is 0. The van der Waals surface area contributed by atoms with E-state index in [-0.39, 0.29) is 0 Å². The van der Waals surface area contributed by atoms with Gasteiger partial charge >= 0.3 is 0 Å². The van der Waals surface area contributed by atoms with E-state index in [4.69, 9.17) is 0 Å². The minimum atomic E-state index is 0.790. The molecule has 0 radical (unpaired) electrons. The first-order valence-electron chi connectivity index (χ1n) is 11.9. The molecular formula is C26H46. The Morgan fingerprint density at radius 2 is 0.962 bits per heavy atom. The third-order valence-electron chi connectivity index (χ3n) is 5.81. The molecule has 1 atom stereocenters. The van der Waals surface area contributed by atoms with Crippen molar-refractivity contribution in [3.05, 3.63) is 35.9 Å². The fourth-order valence-electron chi connectivity index (χ4n) is 4.14. The molecule has 0 amide bonds. The van der Waals surface area contributed by atoms with Crippen molar-refractivity contribution in [2.75, 3.05) is 0 Å². The number of unbranched alkanes of at least 4 members (excludes halogenated alkanes) is 13. The molecule has 26 heavy (non-hydrogen) atoms. The zero-order valence-electron chi connectivity index (χ0n) is 18.0. The van der Waals surface area contributed by atoms with Gasteiger partial charge in [0.05, 0.1) is 0 Å². The van der Waals surface area contributed by atoms with E-state index >= 15 is 0 Å². The lowest BCUT2D eigenvalue weighted by Gasteiger charge is -2.16. The van der Waals surface area contributed by atoms with Gasteiger partial charge < -0.3 is 0 Å². The van der Waals surface area contributed by atoms with Crippen molar-refractivity contribution >= 4 is 0 Å². The Bertz CT molecular complexity index is 380. The fourth-order valence-corrected chi connectivity index (χ4v) is 4.14. The SMILES string of the molecule is CCCCCCCCCCCCCCCC[C@@H](CCC)c1ccccc1. The van der Waals surface area contributed by atoms with E-state index < -0.39 is 0 Å². The van der Waals surface area contributed by atoms with E-state index in [1.54, 1.807) is 5.56 Å². The molecule has 0 bridgehead atoms. The Labute approximate surface area is 165 Å². The van der Waals surface area contributed by atoms with E-state index in [0.717, 1.165) is 5.92 Å². The highest BCUT2D eigenvalue weighted by Crippen LogP contribution is 2.27. The molecule has 0 saturated carbocycles. The van der Waals surface area contributed by atoms with E-state index in [2.05, 4.69) is 44.2 Å². The molecule has 1 aromatic carbocycles. The van der Waals surface area contributed by atoms with Crippen LogP contribution in [0.3, 0.4) is 0 Å². The van der Waals surface area contributed by atoms with Crippen molar-refractivity contribution in [3.8, 4) is 0 Å². The molecule has 0 nitrogen and oxygen atoms in total. The zero-order valence-corrected chi connectivity index (χ0v) is 18.0. The van der Waals surface area contributed by atoms with Crippen LogP contribution in [0.4, 0.5) is 0 Å². The molecule has 0 fully saturated rings. The van der Waals surface area contributed by atoms with E-state index in [1.807, 2.05) is 0 Å². The van der Waals surface area contributed by atoms with Crippen LogP contribution in [0.15, 0.2) is 30.3 Å². The van der Waals surface area contributed by atoms with Crippen LogP contribution >= 0.6 is 0 Å². The van der Waals surface area contributed by atoms with Gasteiger partial charge in [0.25, 0.3) is 0 Å². The summed E-state index contributed by atoms with van der Waals surface area (Å²) in [6.07, 6.45) is 24.4. The summed E-state index contributed by atoms with van der Waals surface area (Å²) in [6, 6.07) is 11.2. The molecule has 0 aromatic heterocycles. The molecule has 0 unspecified atom stereocenters. The van der Waals surface area contributed by atoms with Crippen LogP contribution in [-0.4, -0.2) is 0 Å². The van der Waals surface area contributed by atoms with Gasteiger partial charge in [-0.1, -0.05) is 140 Å². The maximum Gasteiger partial charge on any atom is -0.0162 e. The number of rotatable bonds is 18. The van der Waals surface area contributed by atoms with Gasteiger partial charge in [0.2, 0.25) is 0 Å². The van der Waals surface area contributed by atoms with E-state index in [9.17, 15) is 0 Å². The van der Waals surface area contributed by atoms with Crippen LogP contribution in [0, 0.1) is 0 Å². The monoisotopic (exact) mass is 358 g/mol. The van der Waals surface area contributed by atoms with Crippen molar-refractivity contribution in [2.45, 2.75) is 129 Å². The number of hydrogen-bond acceptors (Lipinski definition) is 0. The molecule has 0 saturated heterocycles. The topological polar surface area (TPSA) is 0 Å². The third-order valence-corrected chi connectivity index (χ3v) is 5.81. The van der Waals surface area contributed by atoms with Gasteiger partial charge in [-0.2, -0.15) is 0 Å². The summed E-state index contributed by atoms with van der Waals surface area (Å²) >= 11 is 0. The highest BCUT2D eigenvalue weighted by Gasteiger charge is 2.09. The van der Waals surface area contributed by atoms with Crippen molar-refractivity contribution in [3.63, 3.8) is 0 Å². The molecule has 0 aliphatic rings. The summed E-state index contributed by atoms with van der Waals surface area (Å²) < 4.78 is 0. The lowest BCUT2D eigenvalue weighted by molar-refractivity contribution is 0.502. The van der Waals surface area contributed by atoms with Gasteiger partial charge in [0, 0.05) is 0 Å². The zero-order chi connectivity index (χ0) is 18.7. The lowest BCUT2D eigenvalue weighted by atomic mass is 9.89. The molecule has 1 aromatic rings. The van der Waals surface area contributed by atoms with Crippen molar-refractivity contribution in [1.29, 1.82) is 0 Å². The second-order valence-corrected chi connectivity index (χ2v) is 8.28. The van der Waals surface area contributed by atoms with Gasteiger partial charge in [-0.3, -0.25) is 0 Å². The normalized spacial score (nSPS) is 12.4. The predicted molar refractivity (Wildman–Crippen MR) is 119 cm³/mol. The first kappa shape index (κ1) is 23.3. The molecule has 0 aliphatic heterocycles. The summed E-state index contributed by atoms with van der Waals surface area (Å²) in [5.74, 6) is 0.790. The minimum absolute atomic E-state index is 0.790. The molecular weight excluding hydrogens is 312 g/mol. The Morgan fingerprint density at radius 1 is 0.500 bits per heavy atom. The van der Waals surface area contributed by atoms with Gasteiger partial charge in [0.15, 0.2) is 0 Å². The summed E-state index contributed by atoms with van der Waals surface area (Å²) in [4.78, 5) is 0. The Kier molecular flexibility index (Phi) is 15.8. The summed E-state index contributed by atoms with van der Waals surface area (Å²) in [5, 5.41) is 0. The minimum Gasteiger partial charge on any atom is -0.0654 e. The maximum absolute atomic E-state index is 2.32. The second-order valence-electron chi connectivity index (χ2n) is 8.28. The molecule has 150 valence electrons. The Morgan fingerprint density at radius 3 is 1.42 bits per heavy atom. The number of benzene rings is 1. The average molecular weight is 359 g/mol. The van der Waals surface area contributed by atoms with Crippen molar-refractivity contribution in [1.82, 2.24) is 0 Å². The van der Waals surface area contributed by atoms with Crippen LogP contribution in [0.1, 0.15) is 134 Å². The van der Waals surface area contributed by atoms with Gasteiger partial charge in [0.1, 0.15) is 0 Å². The Balaban J connectivity index is 1.91. The molecule has 1 rings (SSSR count). The highest BCUT2D eigenvalue weighted by atomic mass is 14.1. The second kappa shape index (κ2) is 17.6. The smallest absolute Gasteiger partial charge is 0.0162 e. The summed E-state index contributed by atoms with van der Waals surface area (Å²) in [7, 11) is 0. The van der Waals surface area contributed by atoms with Crippen LogP contribution in [-0.2, 0) is 0 Å². The molecule has 0 heteroatoms. The average Bonchev–Trinajstić information content (AvgIpc) is 2.68.